The van der Waals surface area contributed by atoms with E-state index in [0.717, 1.165) is 24.8 Å². The fourth-order valence-electron chi connectivity index (χ4n) is 6.06. The van der Waals surface area contributed by atoms with Crippen LogP contribution >= 0.6 is 15.9 Å². The highest BCUT2D eigenvalue weighted by Gasteiger charge is 2.60. The summed E-state index contributed by atoms with van der Waals surface area (Å²) >= 11 is 4.00. The average Bonchev–Trinajstić information content (AvgIpc) is 2.59. The van der Waals surface area contributed by atoms with Gasteiger partial charge in [0.15, 0.2) is 0 Å². The lowest BCUT2D eigenvalue weighted by molar-refractivity contribution is -0.154. The summed E-state index contributed by atoms with van der Waals surface area (Å²) in [5, 5.41) is 2.63. The van der Waals surface area contributed by atoms with Crippen molar-refractivity contribution in [3.8, 4) is 0 Å². The molecule has 4 fully saturated rings. The summed E-state index contributed by atoms with van der Waals surface area (Å²) in [6.45, 7) is 0.596. The molecule has 26 heavy (non-hydrogen) atoms. The summed E-state index contributed by atoms with van der Waals surface area (Å²) < 4.78 is 0.197. The Kier molecular flexibility index (Phi) is 4.41. The van der Waals surface area contributed by atoms with Crippen LogP contribution in [-0.2, 0) is 11.3 Å². The number of halogens is 1. The molecule has 0 saturated heterocycles. The van der Waals surface area contributed by atoms with Gasteiger partial charge in [0.2, 0.25) is 5.91 Å². The van der Waals surface area contributed by atoms with Gasteiger partial charge in [-0.2, -0.15) is 0 Å². The molecule has 4 bridgehead atoms. The summed E-state index contributed by atoms with van der Waals surface area (Å²) in [5.41, 5.74) is 1.55. The number of alkyl halides is 1. The first kappa shape index (κ1) is 18.0. The Morgan fingerprint density at radius 3 is 2.31 bits per heavy atom. The second-order valence-electron chi connectivity index (χ2n) is 8.83. The second kappa shape index (κ2) is 6.36. The van der Waals surface area contributed by atoms with E-state index in [2.05, 4.69) is 21.2 Å². The van der Waals surface area contributed by atoms with Crippen LogP contribution in [0.4, 0.5) is 0 Å². The fourth-order valence-corrected chi connectivity index (χ4v) is 7.51. The molecule has 4 saturated carbocycles. The number of hydrogen-bond acceptors (Lipinski definition) is 2. The molecular formula is C21H27BrN2O2. The van der Waals surface area contributed by atoms with E-state index in [1.165, 1.54) is 19.3 Å². The van der Waals surface area contributed by atoms with Gasteiger partial charge in [0, 0.05) is 30.5 Å². The number of rotatable bonds is 4. The van der Waals surface area contributed by atoms with Crippen molar-refractivity contribution in [1.82, 2.24) is 10.2 Å². The largest absolute Gasteiger partial charge is 0.355 e. The van der Waals surface area contributed by atoms with Gasteiger partial charge in [-0.3, -0.25) is 9.59 Å². The number of nitrogens with one attached hydrogen (secondary N) is 1. The molecule has 0 aliphatic heterocycles. The van der Waals surface area contributed by atoms with Crippen molar-refractivity contribution in [1.29, 1.82) is 0 Å². The van der Waals surface area contributed by atoms with Crippen LogP contribution in [0.5, 0.6) is 0 Å². The van der Waals surface area contributed by atoms with Crippen LogP contribution in [0, 0.1) is 17.3 Å². The molecule has 0 spiro atoms. The predicted octanol–water partition coefficient (Wildman–Crippen LogP) is 3.74. The molecule has 2 amide bonds. The highest BCUT2D eigenvalue weighted by atomic mass is 79.9. The van der Waals surface area contributed by atoms with Gasteiger partial charge < -0.3 is 10.2 Å². The van der Waals surface area contributed by atoms with Crippen LogP contribution < -0.4 is 5.32 Å². The third kappa shape index (κ3) is 3.08. The zero-order valence-electron chi connectivity index (χ0n) is 15.6. The molecule has 5 heteroatoms. The minimum absolute atomic E-state index is 0.0860. The minimum atomic E-state index is -0.162. The number of hydrogen-bond donors (Lipinski definition) is 1. The summed E-state index contributed by atoms with van der Waals surface area (Å²) in [7, 11) is 3.55. The van der Waals surface area contributed by atoms with Crippen molar-refractivity contribution in [3.63, 3.8) is 0 Å². The highest BCUT2D eigenvalue weighted by molar-refractivity contribution is 9.10. The van der Waals surface area contributed by atoms with Gasteiger partial charge in [0.25, 0.3) is 5.91 Å². The third-order valence-corrected chi connectivity index (χ3v) is 7.58. The standard InChI is InChI=1S/C21H27BrN2O2/c1-23-18(25)17-5-3-14(4-6-17)12-24(2)19(26)20-8-15-7-16(9-20)11-21(22,10-15)13-20/h3-6,15-16H,7-13H2,1-2H3,(H,23,25). The summed E-state index contributed by atoms with van der Waals surface area (Å²) in [6, 6.07) is 7.54. The molecule has 140 valence electrons. The minimum Gasteiger partial charge on any atom is -0.355 e. The first-order valence-corrected chi connectivity index (χ1v) is 10.4. The van der Waals surface area contributed by atoms with E-state index in [0.29, 0.717) is 29.9 Å². The van der Waals surface area contributed by atoms with Crippen molar-refractivity contribution in [3.05, 3.63) is 35.4 Å². The van der Waals surface area contributed by atoms with Crippen molar-refractivity contribution >= 4 is 27.7 Å². The molecule has 1 N–H and O–H groups in total. The quantitative estimate of drug-likeness (QED) is 0.756. The maximum atomic E-state index is 13.4. The first-order chi connectivity index (χ1) is 12.3. The lowest BCUT2D eigenvalue weighted by atomic mass is 9.49. The van der Waals surface area contributed by atoms with Crippen molar-refractivity contribution < 1.29 is 9.59 Å². The van der Waals surface area contributed by atoms with Crippen LogP contribution in [0.15, 0.2) is 24.3 Å². The van der Waals surface area contributed by atoms with Gasteiger partial charge in [0.05, 0.1) is 5.41 Å². The molecule has 0 radical (unpaired) electrons. The maximum absolute atomic E-state index is 13.4. The Bertz CT molecular complexity index is 716. The van der Waals surface area contributed by atoms with Gasteiger partial charge >= 0.3 is 0 Å². The van der Waals surface area contributed by atoms with E-state index in [1.807, 2.05) is 36.2 Å². The molecule has 4 nitrogen and oxygen atoms in total. The number of amides is 2. The molecule has 2 atom stereocenters. The summed E-state index contributed by atoms with van der Waals surface area (Å²) in [4.78, 5) is 27.0. The van der Waals surface area contributed by atoms with Crippen LogP contribution in [0.1, 0.15) is 54.4 Å². The lowest BCUT2D eigenvalue weighted by Gasteiger charge is -2.60. The Balaban J connectivity index is 1.47. The van der Waals surface area contributed by atoms with Crippen molar-refractivity contribution in [2.75, 3.05) is 14.1 Å². The van der Waals surface area contributed by atoms with Gasteiger partial charge in [-0.1, -0.05) is 28.1 Å². The molecule has 5 rings (SSSR count). The van der Waals surface area contributed by atoms with E-state index in [1.54, 1.807) is 7.05 Å². The number of carbonyl (C=O) groups excluding carboxylic acids is 2. The number of carbonyl (C=O) groups is 2. The summed E-state index contributed by atoms with van der Waals surface area (Å²) in [5.74, 6) is 1.64. The van der Waals surface area contributed by atoms with Gasteiger partial charge in [-0.15, -0.1) is 0 Å². The second-order valence-corrected chi connectivity index (χ2v) is 10.5. The maximum Gasteiger partial charge on any atom is 0.251 e. The Morgan fingerprint density at radius 2 is 1.77 bits per heavy atom. The normalized spacial score (nSPS) is 34.6. The topological polar surface area (TPSA) is 49.4 Å². The number of nitrogens with zero attached hydrogens (tertiary/aromatic N) is 1. The molecule has 0 heterocycles. The van der Waals surface area contributed by atoms with E-state index >= 15 is 0 Å². The van der Waals surface area contributed by atoms with Crippen LogP contribution in [0.2, 0.25) is 0 Å². The third-order valence-electron chi connectivity index (χ3n) is 6.65. The van der Waals surface area contributed by atoms with E-state index < -0.39 is 0 Å². The van der Waals surface area contributed by atoms with Crippen molar-refractivity contribution in [2.45, 2.75) is 49.4 Å². The molecule has 2 unspecified atom stereocenters. The van der Waals surface area contributed by atoms with Gasteiger partial charge in [-0.25, -0.2) is 0 Å². The van der Waals surface area contributed by atoms with Crippen LogP contribution in [0.3, 0.4) is 0 Å². The molecule has 4 aliphatic rings. The molecule has 1 aromatic rings. The van der Waals surface area contributed by atoms with E-state index in [9.17, 15) is 9.59 Å². The predicted molar refractivity (Wildman–Crippen MR) is 105 cm³/mol. The fraction of sp³-hybridized carbons (Fsp3) is 0.619. The Hall–Kier alpha value is -1.36. The highest BCUT2D eigenvalue weighted by Crippen LogP contribution is 2.64. The van der Waals surface area contributed by atoms with Gasteiger partial charge in [0.1, 0.15) is 0 Å². The van der Waals surface area contributed by atoms with Crippen LogP contribution in [-0.4, -0.2) is 35.1 Å². The SMILES string of the molecule is CNC(=O)c1ccc(CN(C)C(=O)C23CC4CC(CC(Br)(C4)C2)C3)cc1. The lowest BCUT2D eigenvalue weighted by Crippen LogP contribution is -2.58. The Labute approximate surface area is 163 Å². The average molecular weight is 419 g/mol. The first-order valence-electron chi connectivity index (χ1n) is 9.58. The summed E-state index contributed by atoms with van der Waals surface area (Å²) in [6.07, 6.45) is 6.91. The van der Waals surface area contributed by atoms with E-state index in [-0.39, 0.29) is 15.6 Å². The number of benzene rings is 1. The molecular weight excluding hydrogens is 392 g/mol. The van der Waals surface area contributed by atoms with Crippen molar-refractivity contribution in [2.24, 2.45) is 17.3 Å². The van der Waals surface area contributed by atoms with Gasteiger partial charge in [-0.05, 0) is 68.1 Å². The monoisotopic (exact) mass is 418 g/mol. The van der Waals surface area contributed by atoms with Crippen LogP contribution in [0.25, 0.3) is 0 Å². The Morgan fingerprint density at radius 1 is 1.15 bits per heavy atom. The molecule has 4 aliphatic carbocycles. The zero-order valence-corrected chi connectivity index (χ0v) is 17.1. The molecule has 0 aromatic heterocycles. The zero-order chi connectivity index (χ0) is 18.5. The smallest absolute Gasteiger partial charge is 0.251 e. The molecule has 1 aromatic carbocycles. The van der Waals surface area contributed by atoms with E-state index in [4.69, 9.17) is 0 Å².